The molecule has 0 saturated heterocycles. The molecule has 0 bridgehead atoms. The average molecular weight is 219 g/mol. The van der Waals surface area contributed by atoms with Crippen molar-refractivity contribution in [1.82, 2.24) is 10.0 Å². The third-order valence-electron chi connectivity index (χ3n) is 1.60. The fraction of sp³-hybridized carbons (Fsp3) is 0.250. The van der Waals surface area contributed by atoms with Crippen LogP contribution in [0.1, 0.15) is 10.4 Å². The van der Waals surface area contributed by atoms with Crippen LogP contribution in [0.25, 0.3) is 0 Å². The van der Waals surface area contributed by atoms with Gasteiger partial charge in [0.15, 0.2) is 0 Å². The smallest absolute Gasteiger partial charge is 0.274 e. The third kappa shape index (κ3) is 2.18. The van der Waals surface area contributed by atoms with Gasteiger partial charge in [0.2, 0.25) is 0 Å². The lowest BCUT2D eigenvalue weighted by Gasteiger charge is -2.13. The molecular formula is C8H8ClFN2O2. The minimum atomic E-state index is -0.623. The number of carbonyl (C=O) groups is 1. The third-order valence-corrected chi connectivity index (χ3v) is 1.90. The summed E-state index contributed by atoms with van der Waals surface area (Å²) in [5, 5.41) is 0.878. The molecular weight excluding hydrogens is 211 g/mol. The molecule has 14 heavy (non-hydrogen) atoms. The highest BCUT2D eigenvalue weighted by atomic mass is 35.5. The molecule has 1 aromatic rings. The lowest BCUT2D eigenvalue weighted by molar-refractivity contribution is -0.0757. The maximum absolute atomic E-state index is 12.7. The lowest BCUT2D eigenvalue weighted by Crippen LogP contribution is -2.26. The molecule has 0 aliphatic rings. The number of hydroxylamine groups is 2. The van der Waals surface area contributed by atoms with Gasteiger partial charge in [-0.2, -0.15) is 0 Å². The maximum atomic E-state index is 12.7. The van der Waals surface area contributed by atoms with Crippen molar-refractivity contribution in [3.05, 3.63) is 28.8 Å². The fourth-order valence-electron chi connectivity index (χ4n) is 0.825. The van der Waals surface area contributed by atoms with Crippen LogP contribution in [-0.2, 0) is 4.84 Å². The largest absolute Gasteiger partial charge is 0.280 e. The van der Waals surface area contributed by atoms with Gasteiger partial charge in [-0.3, -0.25) is 9.63 Å². The fourth-order valence-corrected chi connectivity index (χ4v) is 1.01. The molecule has 0 saturated carbocycles. The quantitative estimate of drug-likeness (QED) is 0.558. The Kier molecular flexibility index (Phi) is 3.38. The SMILES string of the molecule is CON(C)C(=O)c1cc(F)cnc1Cl. The summed E-state index contributed by atoms with van der Waals surface area (Å²) in [6, 6.07) is 1.01. The molecule has 0 fully saturated rings. The van der Waals surface area contributed by atoms with Crippen molar-refractivity contribution in [3.8, 4) is 0 Å². The summed E-state index contributed by atoms with van der Waals surface area (Å²) in [5.41, 5.74) is -0.0315. The van der Waals surface area contributed by atoms with Gasteiger partial charge in [0.1, 0.15) is 11.0 Å². The highest BCUT2D eigenvalue weighted by Crippen LogP contribution is 2.15. The Bertz CT molecular complexity index is 359. The van der Waals surface area contributed by atoms with Gasteiger partial charge >= 0.3 is 0 Å². The highest BCUT2D eigenvalue weighted by Gasteiger charge is 2.16. The molecule has 1 rings (SSSR count). The standard InChI is InChI=1S/C8H8ClFN2O2/c1-12(14-2)8(13)6-3-5(10)4-11-7(6)9/h3-4H,1-2H3. The first kappa shape index (κ1) is 10.9. The van der Waals surface area contributed by atoms with Crippen molar-refractivity contribution in [1.29, 1.82) is 0 Å². The van der Waals surface area contributed by atoms with Crippen LogP contribution in [0.3, 0.4) is 0 Å². The van der Waals surface area contributed by atoms with Gasteiger partial charge in [0.05, 0.1) is 18.9 Å². The normalized spacial score (nSPS) is 10.0. The van der Waals surface area contributed by atoms with Crippen molar-refractivity contribution in [3.63, 3.8) is 0 Å². The summed E-state index contributed by atoms with van der Waals surface area (Å²) in [4.78, 5) is 19.6. The lowest BCUT2D eigenvalue weighted by atomic mass is 10.2. The molecule has 0 aliphatic carbocycles. The second-order valence-electron chi connectivity index (χ2n) is 2.48. The van der Waals surface area contributed by atoms with Crippen LogP contribution in [0.2, 0.25) is 5.15 Å². The Balaban J connectivity index is 3.06. The number of halogens is 2. The van der Waals surface area contributed by atoms with Gasteiger partial charge in [-0.05, 0) is 6.07 Å². The van der Waals surface area contributed by atoms with Gasteiger partial charge < -0.3 is 0 Å². The Morgan fingerprint density at radius 3 is 2.93 bits per heavy atom. The van der Waals surface area contributed by atoms with Crippen LogP contribution in [0, 0.1) is 5.82 Å². The zero-order chi connectivity index (χ0) is 10.7. The number of amides is 1. The van der Waals surface area contributed by atoms with Crippen molar-refractivity contribution in [2.45, 2.75) is 0 Å². The second-order valence-corrected chi connectivity index (χ2v) is 2.84. The number of carbonyl (C=O) groups excluding carboxylic acids is 1. The van der Waals surface area contributed by atoms with E-state index in [1.165, 1.54) is 14.2 Å². The van der Waals surface area contributed by atoms with Crippen LogP contribution in [0.15, 0.2) is 12.3 Å². The molecule has 1 heterocycles. The summed E-state index contributed by atoms with van der Waals surface area (Å²) < 4.78 is 12.7. The van der Waals surface area contributed by atoms with Gasteiger partial charge in [0, 0.05) is 7.05 Å². The van der Waals surface area contributed by atoms with Gasteiger partial charge in [0.25, 0.3) is 5.91 Å². The second kappa shape index (κ2) is 4.34. The summed E-state index contributed by atoms with van der Waals surface area (Å²) in [5.74, 6) is -1.17. The summed E-state index contributed by atoms with van der Waals surface area (Å²) in [6.45, 7) is 0. The number of aromatic nitrogens is 1. The van der Waals surface area contributed by atoms with E-state index in [9.17, 15) is 9.18 Å². The monoisotopic (exact) mass is 218 g/mol. The molecule has 0 unspecified atom stereocenters. The van der Waals surface area contributed by atoms with E-state index in [1.807, 2.05) is 0 Å². The molecule has 0 aromatic carbocycles. The number of hydrogen-bond donors (Lipinski definition) is 0. The zero-order valence-electron chi connectivity index (χ0n) is 7.62. The van der Waals surface area contributed by atoms with E-state index in [0.717, 1.165) is 17.3 Å². The van der Waals surface area contributed by atoms with Gasteiger partial charge in [-0.1, -0.05) is 11.6 Å². The van der Waals surface area contributed by atoms with E-state index in [4.69, 9.17) is 11.6 Å². The van der Waals surface area contributed by atoms with Crippen molar-refractivity contribution in [2.24, 2.45) is 0 Å². The van der Waals surface area contributed by atoms with E-state index in [2.05, 4.69) is 9.82 Å². The minimum Gasteiger partial charge on any atom is -0.274 e. The number of nitrogens with zero attached hydrogens (tertiary/aromatic N) is 2. The zero-order valence-corrected chi connectivity index (χ0v) is 8.38. The van der Waals surface area contributed by atoms with E-state index < -0.39 is 11.7 Å². The Labute approximate surface area is 85.2 Å². The first-order chi connectivity index (χ1) is 6.56. The van der Waals surface area contributed by atoms with E-state index in [1.54, 1.807) is 0 Å². The number of pyridine rings is 1. The first-order valence-corrected chi connectivity index (χ1v) is 4.07. The first-order valence-electron chi connectivity index (χ1n) is 3.69. The van der Waals surface area contributed by atoms with Crippen LogP contribution in [-0.4, -0.2) is 30.1 Å². The Morgan fingerprint density at radius 1 is 1.71 bits per heavy atom. The summed E-state index contributed by atoms with van der Waals surface area (Å²) >= 11 is 5.61. The topological polar surface area (TPSA) is 42.4 Å². The van der Waals surface area contributed by atoms with Crippen molar-refractivity contribution in [2.75, 3.05) is 14.2 Å². The van der Waals surface area contributed by atoms with Crippen LogP contribution < -0.4 is 0 Å². The summed E-state index contributed by atoms with van der Waals surface area (Å²) in [7, 11) is 2.71. The predicted octanol–water partition coefficient (Wildman–Crippen LogP) is 1.51. The predicted molar refractivity (Wildman–Crippen MR) is 48.3 cm³/mol. The average Bonchev–Trinajstić information content (AvgIpc) is 2.19. The molecule has 0 atom stereocenters. The maximum Gasteiger partial charge on any atom is 0.280 e. The molecule has 0 N–H and O–H groups in total. The van der Waals surface area contributed by atoms with E-state index >= 15 is 0 Å². The molecule has 1 amide bonds. The van der Waals surface area contributed by atoms with Crippen molar-refractivity contribution < 1.29 is 14.0 Å². The molecule has 0 aliphatic heterocycles. The van der Waals surface area contributed by atoms with Crippen molar-refractivity contribution >= 4 is 17.5 Å². The Morgan fingerprint density at radius 2 is 2.36 bits per heavy atom. The van der Waals surface area contributed by atoms with Crippen LogP contribution in [0.4, 0.5) is 4.39 Å². The van der Waals surface area contributed by atoms with E-state index in [-0.39, 0.29) is 10.7 Å². The number of rotatable bonds is 2. The number of hydrogen-bond acceptors (Lipinski definition) is 3. The highest BCUT2D eigenvalue weighted by molar-refractivity contribution is 6.32. The molecule has 1 aromatic heterocycles. The van der Waals surface area contributed by atoms with Crippen LogP contribution in [0.5, 0.6) is 0 Å². The van der Waals surface area contributed by atoms with E-state index in [0.29, 0.717) is 0 Å². The minimum absolute atomic E-state index is 0.0315. The molecule has 4 nitrogen and oxygen atoms in total. The molecule has 6 heteroatoms. The van der Waals surface area contributed by atoms with Gasteiger partial charge in [-0.15, -0.1) is 0 Å². The molecule has 76 valence electrons. The molecule has 0 spiro atoms. The van der Waals surface area contributed by atoms with Gasteiger partial charge in [-0.25, -0.2) is 14.4 Å². The molecule has 0 radical (unpaired) electrons. The van der Waals surface area contributed by atoms with Crippen LogP contribution >= 0.6 is 11.6 Å². The Hall–Kier alpha value is -1.20. The summed E-state index contributed by atoms with van der Waals surface area (Å²) in [6.07, 6.45) is 0.936.